The molecule has 5 rings (SSSR count). The van der Waals surface area contributed by atoms with E-state index in [4.69, 9.17) is 4.74 Å². The maximum absolute atomic E-state index is 11.6. The zero-order valence-electron chi connectivity index (χ0n) is 16.1. The third-order valence-electron chi connectivity index (χ3n) is 5.34. The average Bonchev–Trinajstić information content (AvgIpc) is 2.77. The quantitative estimate of drug-likeness (QED) is 0.187. The monoisotopic (exact) mass is 429 g/mol. The van der Waals surface area contributed by atoms with Crippen LogP contribution in [0.1, 0.15) is 0 Å². The van der Waals surface area contributed by atoms with Gasteiger partial charge in [0, 0.05) is 10.8 Å². The number of hydrogen-bond acceptors (Lipinski definition) is 7. The van der Waals surface area contributed by atoms with Gasteiger partial charge in [0.25, 0.3) is 11.4 Å². The van der Waals surface area contributed by atoms with E-state index in [-0.39, 0.29) is 5.75 Å². The van der Waals surface area contributed by atoms with Gasteiger partial charge in [-0.1, -0.05) is 42.5 Å². The van der Waals surface area contributed by atoms with E-state index in [1.165, 1.54) is 0 Å². The highest BCUT2D eigenvalue weighted by Gasteiger charge is 2.33. The van der Waals surface area contributed by atoms with Crippen LogP contribution >= 0.6 is 0 Å². The molecule has 10 nitrogen and oxygen atoms in total. The van der Waals surface area contributed by atoms with E-state index in [1.54, 1.807) is 18.2 Å². The fourth-order valence-corrected chi connectivity index (χ4v) is 3.97. The predicted octanol–water partition coefficient (Wildman–Crippen LogP) is 6.10. The highest BCUT2D eigenvalue weighted by atomic mass is 16.6. The first-order valence-corrected chi connectivity index (χ1v) is 9.31. The summed E-state index contributed by atoms with van der Waals surface area (Å²) in [6.07, 6.45) is 0. The molecular weight excluding hydrogens is 418 g/mol. The SMILES string of the molecule is O=[N+]([O-])c1cc([N+](=O)[O-])c(Oc2ccc3ccc4cccc5ccc2c3c45)c([N+](=O)[O-])c1. The van der Waals surface area contributed by atoms with Gasteiger partial charge >= 0.3 is 11.4 Å². The maximum atomic E-state index is 11.6. The Kier molecular flexibility index (Phi) is 4.09. The number of non-ortho nitro benzene ring substituents is 1. The molecule has 0 radical (unpaired) electrons. The Bertz CT molecular complexity index is 1550. The van der Waals surface area contributed by atoms with Gasteiger partial charge in [0.2, 0.25) is 0 Å². The first kappa shape index (κ1) is 19.1. The molecule has 5 aromatic rings. The lowest BCUT2D eigenvalue weighted by Crippen LogP contribution is -2.01. The second kappa shape index (κ2) is 6.84. The van der Waals surface area contributed by atoms with E-state index in [0.29, 0.717) is 17.5 Å². The van der Waals surface area contributed by atoms with Crippen molar-refractivity contribution in [1.29, 1.82) is 0 Å². The van der Waals surface area contributed by atoms with E-state index >= 15 is 0 Å². The zero-order chi connectivity index (χ0) is 22.6. The van der Waals surface area contributed by atoms with Crippen LogP contribution in [-0.2, 0) is 0 Å². The number of nitrogens with zero attached hydrogens (tertiary/aromatic N) is 3. The van der Waals surface area contributed by atoms with Crippen molar-refractivity contribution in [2.75, 3.05) is 0 Å². The van der Waals surface area contributed by atoms with Gasteiger partial charge in [0.05, 0.1) is 26.9 Å². The largest absolute Gasteiger partial charge is 0.444 e. The third-order valence-corrected chi connectivity index (χ3v) is 5.34. The predicted molar refractivity (Wildman–Crippen MR) is 117 cm³/mol. The van der Waals surface area contributed by atoms with Gasteiger partial charge < -0.3 is 4.74 Å². The van der Waals surface area contributed by atoms with Crippen molar-refractivity contribution < 1.29 is 19.5 Å². The summed E-state index contributed by atoms with van der Waals surface area (Å²) < 4.78 is 5.75. The van der Waals surface area contributed by atoms with Gasteiger partial charge in [0.15, 0.2) is 0 Å². The van der Waals surface area contributed by atoms with Crippen LogP contribution in [0.2, 0.25) is 0 Å². The van der Waals surface area contributed by atoms with Crippen LogP contribution in [0, 0.1) is 30.3 Å². The molecule has 10 heteroatoms. The first-order valence-electron chi connectivity index (χ1n) is 9.31. The Hall–Kier alpha value is -4.86. The van der Waals surface area contributed by atoms with E-state index < -0.39 is 37.6 Å². The number of benzene rings is 5. The highest BCUT2D eigenvalue weighted by Crippen LogP contribution is 2.46. The fraction of sp³-hybridized carbons (Fsp3) is 0. The van der Waals surface area contributed by atoms with E-state index in [1.807, 2.05) is 36.4 Å². The maximum Gasteiger partial charge on any atom is 0.325 e. The van der Waals surface area contributed by atoms with Gasteiger partial charge in [-0.3, -0.25) is 30.3 Å². The summed E-state index contributed by atoms with van der Waals surface area (Å²) in [6, 6.07) is 18.0. The number of hydrogen-bond donors (Lipinski definition) is 0. The molecule has 0 spiro atoms. The third kappa shape index (κ3) is 2.82. The van der Waals surface area contributed by atoms with Crippen molar-refractivity contribution in [2.45, 2.75) is 0 Å². The van der Waals surface area contributed by atoms with Crippen LogP contribution in [0.15, 0.2) is 66.7 Å². The molecule has 0 aromatic heterocycles. The molecule has 0 amide bonds. The Morgan fingerprint density at radius 1 is 0.625 bits per heavy atom. The van der Waals surface area contributed by atoms with Crippen LogP contribution in [0.3, 0.4) is 0 Å². The summed E-state index contributed by atoms with van der Waals surface area (Å²) in [7, 11) is 0. The molecule has 0 fully saturated rings. The number of nitro benzene ring substituents is 3. The standard InChI is InChI=1S/C22H11N3O7/c26-23(27)15-10-17(24(28)29)22(18(11-15)25(30)31)32-19-9-7-14-5-4-12-2-1-3-13-6-8-16(19)21(14)20(12)13/h1-11H. The molecule has 0 heterocycles. The Balaban J connectivity index is 1.79. The van der Waals surface area contributed by atoms with Crippen molar-refractivity contribution in [1.82, 2.24) is 0 Å². The number of ether oxygens (including phenoxy) is 1. The molecule has 0 aliphatic heterocycles. The van der Waals surface area contributed by atoms with E-state index in [2.05, 4.69) is 0 Å². The second-order valence-corrected chi connectivity index (χ2v) is 7.11. The van der Waals surface area contributed by atoms with Crippen LogP contribution in [-0.4, -0.2) is 14.8 Å². The van der Waals surface area contributed by atoms with Crippen molar-refractivity contribution in [3.8, 4) is 11.5 Å². The normalized spacial score (nSPS) is 11.2. The van der Waals surface area contributed by atoms with E-state index in [0.717, 1.165) is 26.9 Å². The van der Waals surface area contributed by atoms with Crippen molar-refractivity contribution >= 4 is 49.4 Å². The minimum absolute atomic E-state index is 0.163. The molecule has 0 N–H and O–H groups in total. The summed E-state index contributed by atoms with van der Waals surface area (Å²) >= 11 is 0. The van der Waals surface area contributed by atoms with Gasteiger partial charge in [0.1, 0.15) is 5.75 Å². The summed E-state index contributed by atoms with van der Waals surface area (Å²) in [5.41, 5.74) is -2.50. The molecule has 0 aliphatic rings. The lowest BCUT2D eigenvalue weighted by Gasteiger charge is -2.14. The summed E-state index contributed by atoms with van der Waals surface area (Å²) in [4.78, 5) is 31.5. The summed E-state index contributed by atoms with van der Waals surface area (Å²) in [5, 5.41) is 39.6. The first-order chi connectivity index (χ1) is 15.3. The molecule has 0 aliphatic carbocycles. The highest BCUT2D eigenvalue weighted by molar-refractivity contribution is 6.24. The molecule has 0 atom stereocenters. The second-order valence-electron chi connectivity index (χ2n) is 7.11. The molecule has 32 heavy (non-hydrogen) atoms. The van der Waals surface area contributed by atoms with Crippen LogP contribution in [0.4, 0.5) is 17.1 Å². The molecule has 156 valence electrons. The van der Waals surface area contributed by atoms with Gasteiger partial charge in [-0.05, 0) is 33.7 Å². The molecule has 5 aromatic carbocycles. The van der Waals surface area contributed by atoms with Gasteiger partial charge in [-0.25, -0.2) is 0 Å². The smallest absolute Gasteiger partial charge is 0.325 e. The average molecular weight is 429 g/mol. The fourth-order valence-electron chi connectivity index (χ4n) is 3.97. The lowest BCUT2D eigenvalue weighted by atomic mass is 9.94. The molecule has 0 bridgehead atoms. The van der Waals surface area contributed by atoms with Crippen LogP contribution in [0.25, 0.3) is 32.3 Å². The van der Waals surface area contributed by atoms with Crippen LogP contribution in [0.5, 0.6) is 11.5 Å². The zero-order valence-corrected chi connectivity index (χ0v) is 16.1. The molecule has 0 saturated heterocycles. The van der Waals surface area contributed by atoms with Crippen molar-refractivity contribution in [2.24, 2.45) is 0 Å². The molecular formula is C22H11N3O7. The van der Waals surface area contributed by atoms with Crippen molar-refractivity contribution in [3.05, 3.63) is 97.1 Å². The van der Waals surface area contributed by atoms with Gasteiger partial charge in [-0.2, -0.15) is 0 Å². The Labute approximate surface area is 178 Å². The van der Waals surface area contributed by atoms with Crippen molar-refractivity contribution in [3.63, 3.8) is 0 Å². The molecule has 0 saturated carbocycles. The Morgan fingerprint density at radius 2 is 1.16 bits per heavy atom. The topological polar surface area (TPSA) is 139 Å². The molecule has 0 unspecified atom stereocenters. The lowest BCUT2D eigenvalue weighted by molar-refractivity contribution is -0.404. The number of rotatable bonds is 5. The number of nitro groups is 3. The summed E-state index contributed by atoms with van der Waals surface area (Å²) in [6.45, 7) is 0. The van der Waals surface area contributed by atoms with Gasteiger partial charge in [-0.15, -0.1) is 0 Å². The minimum Gasteiger partial charge on any atom is -0.444 e. The van der Waals surface area contributed by atoms with E-state index in [9.17, 15) is 30.3 Å². The Morgan fingerprint density at radius 3 is 1.72 bits per heavy atom. The minimum atomic E-state index is -0.939. The van der Waals surface area contributed by atoms with Crippen LogP contribution < -0.4 is 4.74 Å². The summed E-state index contributed by atoms with van der Waals surface area (Å²) in [5.74, 6) is -0.503.